The van der Waals surface area contributed by atoms with Gasteiger partial charge in [0.2, 0.25) is 0 Å². The van der Waals surface area contributed by atoms with Crippen LogP contribution in [0.2, 0.25) is 0 Å². The fraction of sp³-hybridized carbons (Fsp3) is 0.647. The van der Waals surface area contributed by atoms with Crippen molar-refractivity contribution in [3.63, 3.8) is 0 Å². The molecule has 3 rings (SSSR count). The SMILES string of the molecule is CC(C)c1ccc(C2(O)CCN3CCCCC32)cc1. The number of hydrogen-bond acceptors (Lipinski definition) is 2. The molecule has 104 valence electrons. The van der Waals surface area contributed by atoms with Crippen molar-refractivity contribution in [3.05, 3.63) is 35.4 Å². The molecule has 0 saturated carbocycles. The van der Waals surface area contributed by atoms with E-state index in [9.17, 15) is 5.11 Å². The summed E-state index contributed by atoms with van der Waals surface area (Å²) in [6, 6.07) is 9.00. The minimum atomic E-state index is -0.615. The van der Waals surface area contributed by atoms with Crippen LogP contribution in [0.4, 0.5) is 0 Å². The smallest absolute Gasteiger partial charge is 0.106 e. The van der Waals surface area contributed by atoms with Crippen LogP contribution in [0, 0.1) is 0 Å². The van der Waals surface area contributed by atoms with Crippen molar-refractivity contribution >= 4 is 0 Å². The Morgan fingerprint density at radius 1 is 1.16 bits per heavy atom. The number of piperidine rings is 1. The zero-order valence-electron chi connectivity index (χ0n) is 12.1. The molecule has 2 nitrogen and oxygen atoms in total. The Bertz CT molecular complexity index is 439. The zero-order chi connectivity index (χ0) is 13.5. The Morgan fingerprint density at radius 3 is 2.58 bits per heavy atom. The van der Waals surface area contributed by atoms with E-state index in [4.69, 9.17) is 0 Å². The van der Waals surface area contributed by atoms with Crippen molar-refractivity contribution in [2.45, 2.75) is 57.1 Å². The maximum Gasteiger partial charge on any atom is 0.106 e. The van der Waals surface area contributed by atoms with Crippen molar-refractivity contribution in [2.24, 2.45) is 0 Å². The van der Waals surface area contributed by atoms with Gasteiger partial charge >= 0.3 is 0 Å². The largest absolute Gasteiger partial charge is 0.383 e. The van der Waals surface area contributed by atoms with E-state index < -0.39 is 5.60 Å². The highest BCUT2D eigenvalue weighted by Gasteiger charge is 2.47. The normalized spacial score (nSPS) is 31.7. The first-order valence-electron chi connectivity index (χ1n) is 7.68. The molecule has 2 atom stereocenters. The van der Waals surface area contributed by atoms with Crippen molar-refractivity contribution in [3.8, 4) is 0 Å². The molecule has 1 aromatic carbocycles. The van der Waals surface area contributed by atoms with Gasteiger partial charge in [-0.3, -0.25) is 4.90 Å². The van der Waals surface area contributed by atoms with Crippen LogP contribution in [0.25, 0.3) is 0 Å². The average molecular weight is 259 g/mol. The summed E-state index contributed by atoms with van der Waals surface area (Å²) in [4.78, 5) is 2.49. The fourth-order valence-corrected chi connectivity index (χ4v) is 3.77. The summed E-state index contributed by atoms with van der Waals surface area (Å²) in [5.74, 6) is 0.554. The molecule has 2 aliphatic rings. The average Bonchev–Trinajstić information content (AvgIpc) is 2.78. The monoisotopic (exact) mass is 259 g/mol. The number of hydrogen-bond donors (Lipinski definition) is 1. The number of nitrogens with zero attached hydrogens (tertiary/aromatic N) is 1. The Hall–Kier alpha value is -0.860. The van der Waals surface area contributed by atoms with Gasteiger partial charge in [-0.25, -0.2) is 0 Å². The Labute approximate surface area is 116 Å². The van der Waals surface area contributed by atoms with E-state index in [-0.39, 0.29) is 0 Å². The van der Waals surface area contributed by atoms with Crippen LogP contribution in [0.1, 0.15) is 56.6 Å². The molecule has 19 heavy (non-hydrogen) atoms. The van der Waals surface area contributed by atoms with Gasteiger partial charge in [0.15, 0.2) is 0 Å². The molecule has 0 bridgehead atoms. The highest BCUT2D eigenvalue weighted by molar-refractivity contribution is 5.31. The third-order valence-corrected chi connectivity index (χ3v) is 5.02. The summed E-state index contributed by atoms with van der Waals surface area (Å²) >= 11 is 0. The van der Waals surface area contributed by atoms with E-state index in [1.165, 1.54) is 18.4 Å². The van der Waals surface area contributed by atoms with Crippen molar-refractivity contribution < 1.29 is 5.11 Å². The maximum atomic E-state index is 11.1. The summed E-state index contributed by atoms with van der Waals surface area (Å²) < 4.78 is 0. The topological polar surface area (TPSA) is 23.5 Å². The molecule has 1 aromatic rings. The summed E-state index contributed by atoms with van der Waals surface area (Å²) in [6.45, 7) is 6.63. The van der Waals surface area contributed by atoms with Gasteiger partial charge < -0.3 is 5.11 Å². The van der Waals surface area contributed by atoms with Crippen LogP contribution in [0.15, 0.2) is 24.3 Å². The molecule has 2 heteroatoms. The lowest BCUT2D eigenvalue weighted by Crippen LogP contribution is -2.45. The fourth-order valence-electron chi connectivity index (χ4n) is 3.77. The minimum absolute atomic E-state index is 0.339. The molecule has 2 aliphatic heterocycles. The quantitative estimate of drug-likeness (QED) is 0.881. The van der Waals surface area contributed by atoms with E-state index >= 15 is 0 Å². The second-order valence-corrected chi connectivity index (χ2v) is 6.50. The molecule has 0 aromatic heterocycles. The van der Waals surface area contributed by atoms with E-state index in [0.717, 1.165) is 31.5 Å². The first kappa shape index (κ1) is 13.1. The number of benzene rings is 1. The van der Waals surface area contributed by atoms with Gasteiger partial charge in [-0.2, -0.15) is 0 Å². The number of aliphatic hydroxyl groups is 1. The van der Waals surface area contributed by atoms with Crippen LogP contribution in [-0.4, -0.2) is 29.1 Å². The van der Waals surface area contributed by atoms with E-state index in [1.54, 1.807) is 0 Å². The molecule has 0 spiro atoms. The minimum Gasteiger partial charge on any atom is -0.383 e. The van der Waals surface area contributed by atoms with Crippen molar-refractivity contribution in [1.29, 1.82) is 0 Å². The molecule has 0 amide bonds. The first-order valence-corrected chi connectivity index (χ1v) is 7.68. The third-order valence-electron chi connectivity index (χ3n) is 5.02. The van der Waals surface area contributed by atoms with E-state index in [1.807, 2.05) is 0 Å². The van der Waals surface area contributed by atoms with Gasteiger partial charge in [0, 0.05) is 12.6 Å². The summed E-state index contributed by atoms with van der Waals surface area (Å²) in [5, 5.41) is 11.1. The predicted molar refractivity (Wildman–Crippen MR) is 78.3 cm³/mol. The van der Waals surface area contributed by atoms with Crippen LogP contribution < -0.4 is 0 Å². The van der Waals surface area contributed by atoms with E-state index in [2.05, 4.69) is 43.0 Å². The Morgan fingerprint density at radius 2 is 1.89 bits per heavy atom. The lowest BCUT2D eigenvalue weighted by atomic mass is 9.82. The van der Waals surface area contributed by atoms with Crippen LogP contribution in [0.5, 0.6) is 0 Å². The lowest BCUT2D eigenvalue weighted by molar-refractivity contribution is -0.0138. The van der Waals surface area contributed by atoms with Crippen LogP contribution in [0.3, 0.4) is 0 Å². The van der Waals surface area contributed by atoms with Gasteiger partial charge in [0.05, 0.1) is 0 Å². The highest BCUT2D eigenvalue weighted by Crippen LogP contribution is 2.42. The van der Waals surface area contributed by atoms with Crippen molar-refractivity contribution in [1.82, 2.24) is 4.90 Å². The molecular weight excluding hydrogens is 234 g/mol. The molecule has 1 N–H and O–H groups in total. The summed E-state index contributed by atoms with van der Waals surface area (Å²) in [5.41, 5.74) is 1.85. The zero-order valence-corrected chi connectivity index (χ0v) is 12.1. The molecule has 0 aliphatic carbocycles. The highest BCUT2D eigenvalue weighted by atomic mass is 16.3. The molecule has 2 heterocycles. The molecule has 2 saturated heterocycles. The van der Waals surface area contributed by atoms with E-state index in [0.29, 0.717) is 12.0 Å². The summed E-state index contributed by atoms with van der Waals surface area (Å²) in [7, 11) is 0. The first-order chi connectivity index (χ1) is 9.11. The van der Waals surface area contributed by atoms with Crippen LogP contribution >= 0.6 is 0 Å². The third kappa shape index (κ3) is 2.21. The Balaban J connectivity index is 1.87. The standard InChI is InChI=1S/C17H25NO/c1-13(2)14-6-8-15(9-7-14)17(19)10-12-18-11-4-3-5-16(17)18/h6-9,13,16,19H,3-5,10-12H2,1-2H3. The molecule has 0 radical (unpaired) electrons. The Kier molecular flexibility index (Phi) is 3.40. The van der Waals surface area contributed by atoms with Gasteiger partial charge in [0.25, 0.3) is 0 Å². The second-order valence-electron chi connectivity index (χ2n) is 6.50. The predicted octanol–water partition coefficient (Wildman–Crippen LogP) is 3.26. The van der Waals surface area contributed by atoms with Gasteiger partial charge in [-0.15, -0.1) is 0 Å². The molecule has 2 fully saturated rings. The van der Waals surface area contributed by atoms with Gasteiger partial charge in [0.1, 0.15) is 5.60 Å². The number of rotatable bonds is 2. The lowest BCUT2D eigenvalue weighted by Gasteiger charge is -2.37. The van der Waals surface area contributed by atoms with Gasteiger partial charge in [-0.1, -0.05) is 44.5 Å². The van der Waals surface area contributed by atoms with Gasteiger partial charge in [-0.05, 0) is 42.9 Å². The number of fused-ring (bicyclic) bond motifs is 1. The second kappa shape index (κ2) is 4.92. The summed E-state index contributed by atoms with van der Waals surface area (Å²) in [6.07, 6.45) is 4.58. The van der Waals surface area contributed by atoms with Crippen molar-refractivity contribution in [2.75, 3.05) is 13.1 Å². The van der Waals surface area contributed by atoms with Crippen LogP contribution in [-0.2, 0) is 5.60 Å². The molecular formula is C17H25NO. The maximum absolute atomic E-state index is 11.1. The molecule has 2 unspecified atom stereocenters.